The number of halogens is 1. The second-order valence-corrected chi connectivity index (χ2v) is 7.01. The summed E-state index contributed by atoms with van der Waals surface area (Å²) < 4.78 is 15.2. The summed E-state index contributed by atoms with van der Waals surface area (Å²) in [6.07, 6.45) is 7.06. The van der Waals surface area contributed by atoms with E-state index < -0.39 is 12.0 Å². The second kappa shape index (κ2) is 7.83. The van der Waals surface area contributed by atoms with Crippen molar-refractivity contribution in [1.82, 2.24) is 10.3 Å². The Kier molecular flexibility index (Phi) is 5.08. The van der Waals surface area contributed by atoms with Crippen molar-refractivity contribution in [2.75, 3.05) is 0 Å². The van der Waals surface area contributed by atoms with Gasteiger partial charge in [0, 0.05) is 24.5 Å². The molecule has 3 heterocycles. The van der Waals surface area contributed by atoms with Crippen molar-refractivity contribution in [2.24, 2.45) is 0 Å². The lowest BCUT2D eigenvalue weighted by Crippen LogP contribution is -2.56. The van der Waals surface area contributed by atoms with E-state index in [1.807, 2.05) is 36.7 Å². The lowest BCUT2D eigenvalue weighted by molar-refractivity contribution is -0.711. The van der Waals surface area contributed by atoms with Gasteiger partial charge < -0.3 is 5.32 Å². The number of aromatic nitrogens is 2. The number of amides is 1. The minimum atomic E-state index is -0.688. The van der Waals surface area contributed by atoms with E-state index in [4.69, 9.17) is 17.6 Å². The summed E-state index contributed by atoms with van der Waals surface area (Å²) in [5.74, 6) is 1.16. The van der Waals surface area contributed by atoms with Crippen LogP contribution in [-0.2, 0) is 4.79 Å². The molecular weight excluding hydrogens is 387 g/mol. The van der Waals surface area contributed by atoms with Crippen LogP contribution < -0.4 is 9.88 Å². The van der Waals surface area contributed by atoms with Crippen LogP contribution >= 0.6 is 12.2 Å². The van der Waals surface area contributed by atoms with Gasteiger partial charge >= 0.3 is 0 Å². The fourth-order valence-electron chi connectivity index (χ4n) is 3.53. The van der Waals surface area contributed by atoms with Crippen LogP contribution in [0.3, 0.4) is 0 Å². The Morgan fingerprint density at radius 1 is 1.03 bits per heavy atom. The summed E-state index contributed by atoms with van der Waals surface area (Å²) in [5.41, 5.74) is 3.07. The van der Waals surface area contributed by atoms with Gasteiger partial charge in [-0.15, -0.1) is 0 Å². The number of piperidine rings is 1. The van der Waals surface area contributed by atoms with Crippen LogP contribution in [0.25, 0.3) is 11.1 Å². The van der Waals surface area contributed by atoms with Gasteiger partial charge in [-0.05, 0) is 46.8 Å². The standard InChI is InChI=1S/C22H15FN4OS/c23-17-3-1-16(2-4-17)19-18(13-24)22(29)26-21(28)20(19)27-11-7-15(8-12-27)14-5-9-25-10-6-14/h1-12,19-20,24H/p+1/t19-,20-/m1/s1. The minimum absolute atomic E-state index is 0.171. The molecule has 0 saturated carbocycles. The molecule has 0 aliphatic carbocycles. The van der Waals surface area contributed by atoms with E-state index in [2.05, 4.69) is 16.2 Å². The minimum Gasteiger partial charge on any atom is -0.310 e. The lowest BCUT2D eigenvalue weighted by atomic mass is 9.82. The maximum absolute atomic E-state index is 13.4. The average Bonchev–Trinajstić information content (AvgIpc) is 2.75. The Labute approximate surface area is 172 Å². The first kappa shape index (κ1) is 18.8. The first-order valence-corrected chi connectivity index (χ1v) is 9.31. The third kappa shape index (κ3) is 3.61. The van der Waals surface area contributed by atoms with Crippen molar-refractivity contribution in [3.63, 3.8) is 0 Å². The summed E-state index contributed by atoms with van der Waals surface area (Å²) in [7, 11) is 0. The van der Waals surface area contributed by atoms with Gasteiger partial charge in [-0.3, -0.25) is 15.2 Å². The number of carbonyl (C=O) groups is 1. The van der Waals surface area contributed by atoms with Crippen LogP contribution in [0.2, 0.25) is 0 Å². The van der Waals surface area contributed by atoms with Crippen LogP contribution in [0.4, 0.5) is 4.39 Å². The second-order valence-electron chi connectivity index (χ2n) is 6.60. The first-order valence-electron chi connectivity index (χ1n) is 8.90. The zero-order valence-corrected chi connectivity index (χ0v) is 16.0. The number of nitrogens with zero attached hydrogens (tertiary/aromatic N) is 2. The molecule has 1 fully saturated rings. The number of hydrogen-bond donors (Lipinski definition) is 2. The molecule has 0 unspecified atom stereocenters. The Morgan fingerprint density at radius 3 is 2.28 bits per heavy atom. The fraction of sp³-hybridized carbons (Fsp3) is 0.0909. The Balaban J connectivity index is 1.78. The predicted octanol–water partition coefficient (Wildman–Crippen LogP) is 3.13. The van der Waals surface area contributed by atoms with Crippen molar-refractivity contribution in [3.05, 3.63) is 90.3 Å². The van der Waals surface area contributed by atoms with E-state index >= 15 is 0 Å². The largest absolute Gasteiger partial charge is 0.310 e. The highest BCUT2D eigenvalue weighted by atomic mass is 32.1. The van der Waals surface area contributed by atoms with E-state index in [1.54, 1.807) is 29.1 Å². The highest BCUT2D eigenvalue weighted by molar-refractivity contribution is 7.80. The fourth-order valence-corrected chi connectivity index (χ4v) is 3.80. The van der Waals surface area contributed by atoms with E-state index in [0.717, 1.165) is 11.1 Å². The molecule has 1 aliphatic heterocycles. The zero-order valence-electron chi connectivity index (χ0n) is 15.2. The molecule has 2 N–H and O–H groups in total. The maximum atomic E-state index is 13.4. The molecule has 7 heteroatoms. The number of nitrogens with one attached hydrogen (secondary N) is 2. The Hall–Kier alpha value is -3.54. The molecule has 1 amide bonds. The van der Waals surface area contributed by atoms with E-state index in [9.17, 15) is 9.18 Å². The average molecular weight is 403 g/mol. The number of benzene rings is 1. The molecule has 3 aromatic rings. The van der Waals surface area contributed by atoms with Crippen molar-refractivity contribution < 1.29 is 13.8 Å². The van der Waals surface area contributed by atoms with E-state index in [1.165, 1.54) is 12.1 Å². The summed E-state index contributed by atoms with van der Waals surface area (Å²) >= 11 is 5.25. The smallest absolute Gasteiger partial charge is 0.295 e. The van der Waals surface area contributed by atoms with Gasteiger partial charge in [0.15, 0.2) is 12.4 Å². The van der Waals surface area contributed by atoms with Gasteiger partial charge in [-0.2, -0.15) is 4.57 Å². The number of thiocarbonyl (C=S) groups is 1. The van der Waals surface area contributed by atoms with Crippen LogP contribution in [0, 0.1) is 11.2 Å². The van der Waals surface area contributed by atoms with Crippen LogP contribution in [0.15, 0.2) is 78.9 Å². The Morgan fingerprint density at radius 2 is 1.66 bits per heavy atom. The van der Waals surface area contributed by atoms with Crippen molar-refractivity contribution >= 4 is 29.0 Å². The Bertz CT molecular complexity index is 1120. The predicted molar refractivity (Wildman–Crippen MR) is 110 cm³/mol. The summed E-state index contributed by atoms with van der Waals surface area (Å²) in [6.45, 7) is 0. The first-order chi connectivity index (χ1) is 14.1. The third-order valence-electron chi connectivity index (χ3n) is 4.93. The quantitative estimate of drug-likeness (QED) is 0.306. The molecule has 0 spiro atoms. The zero-order chi connectivity index (χ0) is 20.4. The van der Waals surface area contributed by atoms with Gasteiger partial charge in [-0.25, -0.2) is 4.39 Å². The molecule has 2 atom stereocenters. The molecule has 4 rings (SSSR count). The van der Waals surface area contributed by atoms with Gasteiger partial charge in [0.25, 0.3) is 5.91 Å². The monoisotopic (exact) mass is 403 g/mol. The van der Waals surface area contributed by atoms with Crippen LogP contribution in [0.1, 0.15) is 17.5 Å². The third-order valence-corrected chi connectivity index (χ3v) is 5.25. The number of carbonyl (C=O) groups excluding carboxylic acids is 1. The van der Waals surface area contributed by atoms with Gasteiger partial charge in [0.05, 0.1) is 11.5 Å². The molecule has 1 aromatic carbocycles. The van der Waals surface area contributed by atoms with Crippen molar-refractivity contribution in [1.29, 1.82) is 5.41 Å². The highest BCUT2D eigenvalue weighted by Crippen LogP contribution is 2.35. The maximum Gasteiger partial charge on any atom is 0.295 e. The summed E-state index contributed by atoms with van der Waals surface area (Å²) in [5, 5.41) is 10.4. The topological polar surface area (TPSA) is 69.7 Å². The number of pyridine rings is 2. The van der Waals surface area contributed by atoms with Gasteiger partial charge in [-0.1, -0.05) is 24.4 Å². The summed E-state index contributed by atoms with van der Waals surface area (Å²) in [6, 6.07) is 12.8. The summed E-state index contributed by atoms with van der Waals surface area (Å²) in [4.78, 5) is 17.1. The molecule has 1 aliphatic rings. The normalized spacial score (nSPS) is 18.9. The molecule has 142 valence electrons. The van der Waals surface area contributed by atoms with Gasteiger partial charge in [0.2, 0.25) is 6.04 Å². The molecule has 5 nitrogen and oxygen atoms in total. The number of hydrogen-bond acceptors (Lipinski definition) is 4. The van der Waals surface area contributed by atoms with Crippen LogP contribution in [-0.4, -0.2) is 21.7 Å². The molecule has 1 saturated heterocycles. The number of rotatable bonds is 3. The lowest BCUT2D eigenvalue weighted by Gasteiger charge is -2.29. The van der Waals surface area contributed by atoms with E-state index in [0.29, 0.717) is 11.1 Å². The molecule has 0 bridgehead atoms. The molecular formula is C22H16FN4OS+. The molecule has 0 radical (unpaired) electrons. The van der Waals surface area contributed by atoms with E-state index in [-0.39, 0.29) is 16.7 Å². The van der Waals surface area contributed by atoms with Crippen molar-refractivity contribution in [3.8, 4) is 11.1 Å². The highest BCUT2D eigenvalue weighted by Gasteiger charge is 2.45. The van der Waals surface area contributed by atoms with Crippen LogP contribution in [0.5, 0.6) is 0 Å². The molecule has 29 heavy (non-hydrogen) atoms. The molecule has 2 aromatic heterocycles. The SMILES string of the molecule is N=C=C1C(=S)NC(=O)[C@H]([n+]2ccc(-c3ccncc3)cc2)[C@@H]1c1ccc(F)cc1. The van der Waals surface area contributed by atoms with Gasteiger partial charge in [0.1, 0.15) is 10.8 Å². The van der Waals surface area contributed by atoms with Crippen molar-refractivity contribution in [2.45, 2.75) is 12.0 Å².